The predicted molar refractivity (Wildman–Crippen MR) is 58.6 cm³/mol. The summed E-state index contributed by atoms with van der Waals surface area (Å²) in [7, 11) is 0. The highest BCUT2D eigenvalue weighted by Gasteiger charge is 2.36. The normalized spacial score (nSPS) is 12.6. The molecule has 4 heteroatoms. The number of aromatic nitrogens is 1. The van der Waals surface area contributed by atoms with Crippen molar-refractivity contribution in [3.05, 3.63) is 24.0 Å². The van der Waals surface area contributed by atoms with Crippen LogP contribution in [0.5, 0.6) is 0 Å². The highest BCUT2D eigenvalue weighted by Crippen LogP contribution is 2.20. The molecule has 3 N–H and O–H groups in total. The number of H-pyrrole nitrogens is 1. The molecule has 0 radical (unpaired) electrons. The number of rotatable bonds is 3. The van der Waals surface area contributed by atoms with E-state index in [2.05, 4.69) is 10.3 Å². The van der Waals surface area contributed by atoms with Gasteiger partial charge in [-0.1, -0.05) is 0 Å². The second kappa shape index (κ2) is 3.70. The van der Waals surface area contributed by atoms with Gasteiger partial charge in [-0.3, -0.25) is 4.79 Å². The second-order valence-electron chi connectivity index (χ2n) is 4.72. The molecule has 0 fully saturated rings. The molecule has 0 aliphatic heterocycles. The Morgan fingerprint density at radius 2 is 2.00 bits per heavy atom. The molecule has 0 spiro atoms. The highest BCUT2D eigenvalue weighted by atomic mass is 16.3. The maximum Gasteiger partial charge on any atom is 0.268 e. The van der Waals surface area contributed by atoms with Gasteiger partial charge in [-0.05, 0) is 39.8 Å². The molecule has 0 unspecified atom stereocenters. The minimum atomic E-state index is -0.977. The fraction of sp³-hybridized carbons (Fsp3) is 0.545. The molecule has 4 nitrogen and oxygen atoms in total. The summed E-state index contributed by atoms with van der Waals surface area (Å²) in [5, 5.41) is 12.6. The largest absolute Gasteiger partial charge is 0.388 e. The monoisotopic (exact) mass is 210 g/mol. The van der Waals surface area contributed by atoms with Gasteiger partial charge >= 0.3 is 0 Å². The van der Waals surface area contributed by atoms with Crippen molar-refractivity contribution < 1.29 is 9.90 Å². The van der Waals surface area contributed by atoms with Gasteiger partial charge in [0.25, 0.3) is 5.91 Å². The van der Waals surface area contributed by atoms with Gasteiger partial charge in [0.2, 0.25) is 0 Å². The third-order valence-electron chi connectivity index (χ3n) is 2.80. The summed E-state index contributed by atoms with van der Waals surface area (Å²) in [6.07, 6.45) is 1.69. The van der Waals surface area contributed by atoms with Gasteiger partial charge in [-0.15, -0.1) is 0 Å². The molecule has 1 aromatic rings. The molecule has 1 amide bonds. The van der Waals surface area contributed by atoms with Gasteiger partial charge in [0.05, 0.1) is 11.1 Å². The van der Waals surface area contributed by atoms with Crippen LogP contribution in [0.15, 0.2) is 18.3 Å². The number of amides is 1. The van der Waals surface area contributed by atoms with Crippen molar-refractivity contribution in [3.63, 3.8) is 0 Å². The van der Waals surface area contributed by atoms with E-state index in [0.717, 1.165) is 0 Å². The third-order valence-corrected chi connectivity index (χ3v) is 2.80. The maximum atomic E-state index is 11.7. The van der Waals surface area contributed by atoms with Crippen molar-refractivity contribution in [1.82, 2.24) is 10.3 Å². The number of aliphatic hydroxyl groups is 1. The molecule has 1 aromatic heterocycles. The Balaban J connectivity index is 2.75. The van der Waals surface area contributed by atoms with Gasteiger partial charge in [0, 0.05) is 6.20 Å². The number of hydrogen-bond acceptors (Lipinski definition) is 2. The summed E-state index contributed by atoms with van der Waals surface area (Å²) in [6, 6.07) is 3.45. The lowest BCUT2D eigenvalue weighted by molar-refractivity contribution is -0.00301. The van der Waals surface area contributed by atoms with E-state index >= 15 is 0 Å². The van der Waals surface area contributed by atoms with Gasteiger partial charge < -0.3 is 15.4 Å². The van der Waals surface area contributed by atoms with Crippen LogP contribution in [-0.4, -0.2) is 27.1 Å². The smallest absolute Gasteiger partial charge is 0.268 e. The fourth-order valence-electron chi connectivity index (χ4n) is 0.976. The van der Waals surface area contributed by atoms with Crippen LogP contribution in [0.4, 0.5) is 0 Å². The van der Waals surface area contributed by atoms with Crippen LogP contribution >= 0.6 is 0 Å². The summed E-state index contributed by atoms with van der Waals surface area (Å²) in [5.74, 6) is -0.216. The Bertz CT molecular complexity index is 334. The van der Waals surface area contributed by atoms with Crippen molar-refractivity contribution in [2.75, 3.05) is 0 Å². The van der Waals surface area contributed by atoms with E-state index in [-0.39, 0.29) is 5.91 Å². The lowest BCUT2D eigenvalue weighted by Gasteiger charge is -2.37. The average molecular weight is 210 g/mol. The van der Waals surface area contributed by atoms with Crippen LogP contribution in [0.2, 0.25) is 0 Å². The topological polar surface area (TPSA) is 65.1 Å². The predicted octanol–water partition coefficient (Wildman–Crippen LogP) is 1.29. The highest BCUT2D eigenvalue weighted by molar-refractivity contribution is 5.92. The molecule has 84 valence electrons. The van der Waals surface area contributed by atoms with Gasteiger partial charge in [-0.2, -0.15) is 0 Å². The molecule has 1 heterocycles. The van der Waals surface area contributed by atoms with Crippen LogP contribution in [0.25, 0.3) is 0 Å². The number of carbonyl (C=O) groups is 1. The minimum absolute atomic E-state index is 0.216. The molecule has 0 atom stereocenters. The summed E-state index contributed by atoms with van der Waals surface area (Å²) >= 11 is 0. The number of aromatic amines is 1. The van der Waals surface area contributed by atoms with Crippen molar-refractivity contribution >= 4 is 5.91 Å². The molecule has 0 aromatic carbocycles. The fourth-order valence-corrected chi connectivity index (χ4v) is 0.976. The zero-order chi connectivity index (χ0) is 11.7. The Hall–Kier alpha value is -1.29. The van der Waals surface area contributed by atoms with E-state index in [4.69, 9.17) is 0 Å². The molecule has 15 heavy (non-hydrogen) atoms. The summed E-state index contributed by atoms with van der Waals surface area (Å²) in [6.45, 7) is 6.91. The van der Waals surface area contributed by atoms with Crippen LogP contribution in [0.1, 0.15) is 38.2 Å². The first kappa shape index (κ1) is 11.8. The summed E-state index contributed by atoms with van der Waals surface area (Å²) in [5.41, 5.74) is -1.17. The Labute approximate surface area is 89.7 Å². The quantitative estimate of drug-likeness (QED) is 0.704. The summed E-state index contributed by atoms with van der Waals surface area (Å²) in [4.78, 5) is 14.5. The van der Waals surface area contributed by atoms with Crippen LogP contribution in [-0.2, 0) is 0 Å². The van der Waals surface area contributed by atoms with Crippen molar-refractivity contribution in [2.45, 2.75) is 38.8 Å². The van der Waals surface area contributed by atoms with E-state index in [1.165, 1.54) is 0 Å². The van der Waals surface area contributed by atoms with Crippen LogP contribution in [0.3, 0.4) is 0 Å². The van der Waals surface area contributed by atoms with Crippen molar-refractivity contribution in [1.29, 1.82) is 0 Å². The van der Waals surface area contributed by atoms with Gasteiger partial charge in [-0.25, -0.2) is 0 Å². The maximum absolute atomic E-state index is 11.7. The van der Waals surface area contributed by atoms with E-state index in [1.807, 2.05) is 0 Å². The number of nitrogens with one attached hydrogen (secondary N) is 2. The standard InChI is InChI=1S/C11H18N2O2/c1-10(2,11(3,4)15)13-9(14)8-6-5-7-12-8/h5-7,12,15H,1-4H3,(H,13,14). The van der Waals surface area contributed by atoms with E-state index in [1.54, 1.807) is 46.0 Å². The Morgan fingerprint density at radius 3 is 2.40 bits per heavy atom. The van der Waals surface area contributed by atoms with Crippen molar-refractivity contribution in [2.24, 2.45) is 0 Å². The third kappa shape index (κ3) is 2.59. The van der Waals surface area contributed by atoms with E-state index in [0.29, 0.717) is 5.69 Å². The molecular weight excluding hydrogens is 192 g/mol. The lowest BCUT2D eigenvalue weighted by Crippen LogP contribution is -2.57. The lowest BCUT2D eigenvalue weighted by atomic mass is 9.86. The van der Waals surface area contributed by atoms with E-state index < -0.39 is 11.1 Å². The van der Waals surface area contributed by atoms with Crippen LogP contribution < -0.4 is 5.32 Å². The Morgan fingerprint density at radius 1 is 1.40 bits per heavy atom. The first-order chi connectivity index (χ1) is 6.74. The minimum Gasteiger partial charge on any atom is -0.388 e. The molecule has 0 bridgehead atoms. The molecule has 0 aliphatic carbocycles. The van der Waals surface area contributed by atoms with E-state index in [9.17, 15) is 9.90 Å². The first-order valence-electron chi connectivity index (χ1n) is 4.92. The molecular formula is C11H18N2O2. The average Bonchev–Trinajstić information content (AvgIpc) is 2.51. The number of hydrogen-bond donors (Lipinski definition) is 3. The second-order valence-corrected chi connectivity index (χ2v) is 4.72. The van der Waals surface area contributed by atoms with Gasteiger partial charge in [0.15, 0.2) is 0 Å². The van der Waals surface area contributed by atoms with Crippen LogP contribution in [0, 0.1) is 0 Å². The number of carbonyl (C=O) groups excluding carboxylic acids is 1. The molecule has 0 aliphatic rings. The SMILES string of the molecule is CC(C)(O)C(C)(C)NC(=O)c1ccc[nH]1. The molecule has 0 saturated carbocycles. The molecule has 1 rings (SSSR count). The summed E-state index contributed by atoms with van der Waals surface area (Å²) < 4.78 is 0. The Kier molecular flexibility index (Phi) is 2.90. The van der Waals surface area contributed by atoms with Gasteiger partial charge in [0.1, 0.15) is 5.69 Å². The molecule has 0 saturated heterocycles. The zero-order valence-corrected chi connectivity index (χ0v) is 9.59. The zero-order valence-electron chi connectivity index (χ0n) is 9.59. The van der Waals surface area contributed by atoms with Crippen molar-refractivity contribution in [3.8, 4) is 0 Å². The first-order valence-corrected chi connectivity index (χ1v) is 4.92.